The first-order valence-corrected chi connectivity index (χ1v) is 8.72. The van der Waals surface area contributed by atoms with Crippen LogP contribution in [0, 0.1) is 0 Å². The number of fused-ring (bicyclic) bond motifs is 1. The smallest absolute Gasteiger partial charge is 0.163 e. The van der Waals surface area contributed by atoms with Gasteiger partial charge in [0.1, 0.15) is 17.1 Å². The summed E-state index contributed by atoms with van der Waals surface area (Å²) >= 11 is 3.55. The van der Waals surface area contributed by atoms with Gasteiger partial charge >= 0.3 is 0 Å². The van der Waals surface area contributed by atoms with Gasteiger partial charge in [0.25, 0.3) is 0 Å². The minimum absolute atomic E-state index is 0.237. The topological polar surface area (TPSA) is 60.4 Å². The molecule has 4 rings (SSSR count). The molecule has 1 fully saturated rings. The number of halogens is 1. The Hall–Kier alpha value is -2.25. The Morgan fingerprint density at radius 3 is 2.72 bits per heavy atom. The summed E-state index contributed by atoms with van der Waals surface area (Å²) in [4.78, 5) is 15.9. The highest BCUT2D eigenvalue weighted by molar-refractivity contribution is 9.10. The molecule has 6 nitrogen and oxygen atoms in total. The Morgan fingerprint density at radius 2 is 2.04 bits per heavy atom. The zero-order valence-corrected chi connectivity index (χ0v) is 15.5. The van der Waals surface area contributed by atoms with Gasteiger partial charge in [-0.15, -0.1) is 0 Å². The van der Waals surface area contributed by atoms with Crippen LogP contribution in [0.1, 0.15) is 0 Å². The molecule has 128 valence electrons. The van der Waals surface area contributed by atoms with Gasteiger partial charge in [-0.3, -0.25) is 4.98 Å². The first kappa shape index (κ1) is 16.2. The van der Waals surface area contributed by atoms with Crippen molar-refractivity contribution >= 4 is 32.7 Å². The van der Waals surface area contributed by atoms with Gasteiger partial charge < -0.3 is 14.4 Å². The van der Waals surface area contributed by atoms with Gasteiger partial charge in [-0.1, -0.05) is 15.9 Å². The minimum Gasteiger partial charge on any atom is -0.494 e. The number of rotatable bonds is 4. The Kier molecular flexibility index (Phi) is 4.27. The van der Waals surface area contributed by atoms with Crippen LogP contribution in [-0.2, 0) is 4.74 Å². The maximum Gasteiger partial charge on any atom is 0.163 e. The van der Waals surface area contributed by atoms with Crippen LogP contribution < -0.4 is 9.64 Å². The monoisotopic (exact) mass is 400 g/mol. The molecule has 3 aromatic rings. The van der Waals surface area contributed by atoms with Crippen LogP contribution in [0.15, 0.2) is 41.1 Å². The van der Waals surface area contributed by atoms with Crippen LogP contribution in [0.2, 0.25) is 0 Å². The fourth-order valence-electron chi connectivity index (χ4n) is 2.93. The average Bonchev–Trinajstić information content (AvgIpc) is 2.61. The molecule has 0 bridgehead atoms. The van der Waals surface area contributed by atoms with E-state index in [1.807, 2.05) is 24.3 Å². The predicted octanol–water partition coefficient (Wildman–Crippen LogP) is 3.30. The molecule has 1 aliphatic rings. The van der Waals surface area contributed by atoms with Crippen molar-refractivity contribution in [3.05, 3.63) is 41.1 Å². The van der Waals surface area contributed by atoms with Gasteiger partial charge in [-0.25, -0.2) is 9.97 Å². The SMILES string of the molecule is COc1cc(Br)cc2c(N3CC(OC)C3)nc(-c3cccnc3)nc12. The van der Waals surface area contributed by atoms with E-state index < -0.39 is 0 Å². The molecule has 0 saturated carbocycles. The number of methoxy groups -OCH3 is 2. The molecular weight excluding hydrogens is 384 g/mol. The van der Waals surface area contributed by atoms with E-state index in [4.69, 9.17) is 19.4 Å². The number of anilines is 1. The zero-order valence-electron chi connectivity index (χ0n) is 13.9. The fraction of sp³-hybridized carbons (Fsp3) is 0.278. The number of hydrogen-bond donors (Lipinski definition) is 0. The Bertz CT molecular complexity index is 914. The van der Waals surface area contributed by atoms with Crippen LogP contribution in [0.4, 0.5) is 5.82 Å². The quantitative estimate of drug-likeness (QED) is 0.669. The molecule has 25 heavy (non-hydrogen) atoms. The number of hydrogen-bond acceptors (Lipinski definition) is 6. The molecule has 1 aliphatic heterocycles. The predicted molar refractivity (Wildman–Crippen MR) is 100 cm³/mol. The van der Waals surface area contributed by atoms with Gasteiger partial charge in [0.15, 0.2) is 5.82 Å². The lowest BCUT2D eigenvalue weighted by atomic mass is 10.1. The molecule has 1 saturated heterocycles. The summed E-state index contributed by atoms with van der Waals surface area (Å²) in [7, 11) is 3.39. The molecule has 2 aromatic heterocycles. The maximum absolute atomic E-state index is 5.55. The summed E-state index contributed by atoms with van der Waals surface area (Å²) < 4.78 is 11.9. The van der Waals surface area contributed by atoms with E-state index in [1.54, 1.807) is 26.6 Å². The van der Waals surface area contributed by atoms with Crippen molar-refractivity contribution in [2.75, 3.05) is 32.2 Å². The lowest BCUT2D eigenvalue weighted by Crippen LogP contribution is -2.52. The number of pyridine rings is 1. The van der Waals surface area contributed by atoms with Gasteiger partial charge in [0.05, 0.1) is 13.2 Å². The third kappa shape index (κ3) is 2.94. The Balaban J connectivity index is 1.92. The van der Waals surface area contributed by atoms with Crippen molar-refractivity contribution < 1.29 is 9.47 Å². The largest absolute Gasteiger partial charge is 0.494 e. The lowest BCUT2D eigenvalue weighted by molar-refractivity contribution is 0.0785. The van der Waals surface area contributed by atoms with Gasteiger partial charge in [0.2, 0.25) is 0 Å². The van der Waals surface area contributed by atoms with Crippen LogP contribution in [0.3, 0.4) is 0 Å². The van der Waals surface area contributed by atoms with Crippen molar-refractivity contribution in [2.24, 2.45) is 0 Å². The highest BCUT2D eigenvalue weighted by atomic mass is 79.9. The van der Waals surface area contributed by atoms with Crippen molar-refractivity contribution in [2.45, 2.75) is 6.10 Å². The highest BCUT2D eigenvalue weighted by Gasteiger charge is 2.30. The van der Waals surface area contributed by atoms with E-state index in [1.165, 1.54) is 0 Å². The molecule has 0 spiro atoms. The normalized spacial score (nSPS) is 14.6. The third-order valence-corrected chi connectivity index (χ3v) is 4.79. The summed E-state index contributed by atoms with van der Waals surface area (Å²) in [5, 5.41) is 0.952. The molecule has 3 heterocycles. The number of nitrogens with zero attached hydrogens (tertiary/aromatic N) is 4. The molecule has 0 aliphatic carbocycles. The number of ether oxygens (including phenoxy) is 2. The zero-order chi connectivity index (χ0) is 17.4. The third-order valence-electron chi connectivity index (χ3n) is 4.33. The fourth-order valence-corrected chi connectivity index (χ4v) is 3.37. The molecule has 0 atom stereocenters. The Morgan fingerprint density at radius 1 is 1.20 bits per heavy atom. The van der Waals surface area contributed by atoms with Crippen LogP contribution >= 0.6 is 15.9 Å². The van der Waals surface area contributed by atoms with E-state index in [0.717, 1.165) is 39.8 Å². The summed E-state index contributed by atoms with van der Waals surface area (Å²) in [6, 6.07) is 7.78. The minimum atomic E-state index is 0.237. The summed E-state index contributed by atoms with van der Waals surface area (Å²) in [6.45, 7) is 1.62. The highest BCUT2D eigenvalue weighted by Crippen LogP contribution is 2.36. The summed E-state index contributed by atoms with van der Waals surface area (Å²) in [5.74, 6) is 2.23. The van der Waals surface area contributed by atoms with Crippen molar-refractivity contribution in [3.63, 3.8) is 0 Å². The van der Waals surface area contributed by atoms with Crippen molar-refractivity contribution in [1.82, 2.24) is 15.0 Å². The van der Waals surface area contributed by atoms with E-state index >= 15 is 0 Å². The van der Waals surface area contributed by atoms with E-state index in [2.05, 4.69) is 25.8 Å². The standard InChI is InChI=1S/C18H17BrN4O2/c1-24-13-9-23(10-13)18-14-6-12(19)7-15(25-2)16(14)21-17(22-18)11-4-3-5-20-8-11/h3-8,13H,9-10H2,1-2H3. The second-order valence-electron chi connectivity index (χ2n) is 5.88. The van der Waals surface area contributed by atoms with Crippen molar-refractivity contribution in [3.8, 4) is 17.1 Å². The maximum atomic E-state index is 5.55. The van der Waals surface area contributed by atoms with Crippen LogP contribution in [0.5, 0.6) is 5.75 Å². The molecule has 0 unspecified atom stereocenters. The average molecular weight is 401 g/mol. The first-order chi connectivity index (χ1) is 12.2. The Labute approximate surface area is 154 Å². The summed E-state index contributed by atoms with van der Waals surface area (Å²) in [6.07, 6.45) is 3.74. The van der Waals surface area contributed by atoms with Gasteiger partial charge in [-0.05, 0) is 24.3 Å². The van der Waals surface area contributed by atoms with Crippen LogP contribution in [0.25, 0.3) is 22.3 Å². The molecule has 1 aromatic carbocycles. The van der Waals surface area contributed by atoms with Gasteiger partial charge in [-0.2, -0.15) is 0 Å². The summed E-state index contributed by atoms with van der Waals surface area (Å²) in [5.41, 5.74) is 1.66. The molecule has 0 radical (unpaired) electrons. The molecule has 7 heteroatoms. The lowest BCUT2D eigenvalue weighted by Gasteiger charge is -2.39. The molecular formula is C18H17BrN4O2. The van der Waals surface area contributed by atoms with Crippen LogP contribution in [-0.4, -0.2) is 48.4 Å². The number of aromatic nitrogens is 3. The second-order valence-corrected chi connectivity index (χ2v) is 6.80. The first-order valence-electron chi connectivity index (χ1n) is 7.93. The molecule has 0 amide bonds. The molecule has 0 N–H and O–H groups in total. The van der Waals surface area contributed by atoms with E-state index in [0.29, 0.717) is 11.6 Å². The number of benzene rings is 1. The van der Waals surface area contributed by atoms with Gasteiger partial charge in [0, 0.05) is 48.0 Å². The van der Waals surface area contributed by atoms with E-state index in [9.17, 15) is 0 Å². The van der Waals surface area contributed by atoms with E-state index in [-0.39, 0.29) is 6.10 Å². The second kappa shape index (κ2) is 6.57. The van der Waals surface area contributed by atoms with Crippen molar-refractivity contribution in [1.29, 1.82) is 0 Å².